The summed E-state index contributed by atoms with van der Waals surface area (Å²) in [7, 11) is 0. The number of fused-ring (bicyclic) bond motifs is 4. The fourth-order valence-electron chi connectivity index (χ4n) is 9.04. The number of carbonyl (C=O) groups is 1. The summed E-state index contributed by atoms with van der Waals surface area (Å²) in [5, 5.41) is 1.32. The number of anilines is 1. The van der Waals surface area contributed by atoms with Gasteiger partial charge in [0, 0.05) is 30.6 Å². The molecule has 3 saturated heterocycles. The monoisotopic (exact) mass is 764 g/mol. The molecule has 1 amide bonds. The SMILES string of the molecule is C#Cc1c(F)ccc2cccc(-c3nc4c5c(nc(OCC67CCCN6C[C@@H](OC(F)(F)F)C7)nc5c3F)N3CCN(C(=O)OC(C)(C)C)[C@@H](C)[C@H]3CC4)c12. The number of hydrogen-bond acceptors (Lipinski definition) is 9. The number of carbonyl (C=O) groups excluding carboxylic acids is 1. The van der Waals surface area contributed by atoms with Crippen molar-refractivity contribution in [2.75, 3.05) is 37.7 Å². The number of nitrogens with zero attached hydrogens (tertiary/aromatic N) is 6. The molecule has 15 heteroatoms. The Labute approximate surface area is 314 Å². The lowest BCUT2D eigenvalue weighted by Crippen LogP contribution is -2.60. The zero-order chi connectivity index (χ0) is 39.0. The van der Waals surface area contributed by atoms with Crippen LogP contribution in [0.2, 0.25) is 0 Å². The molecule has 1 unspecified atom stereocenters. The van der Waals surface area contributed by atoms with Crippen molar-refractivity contribution in [3.63, 3.8) is 0 Å². The molecule has 4 aliphatic heterocycles. The van der Waals surface area contributed by atoms with Gasteiger partial charge in [-0.3, -0.25) is 9.64 Å². The van der Waals surface area contributed by atoms with Gasteiger partial charge in [-0.2, -0.15) is 9.97 Å². The van der Waals surface area contributed by atoms with Crippen molar-refractivity contribution in [2.24, 2.45) is 0 Å². The van der Waals surface area contributed by atoms with Gasteiger partial charge in [-0.15, -0.1) is 19.6 Å². The van der Waals surface area contributed by atoms with Gasteiger partial charge in [-0.05, 0) is 77.8 Å². The molecule has 4 aliphatic rings. The number of aryl methyl sites for hydroxylation is 1. The average molecular weight is 765 g/mol. The number of hydrogen-bond donors (Lipinski definition) is 0. The maximum Gasteiger partial charge on any atom is 0.522 e. The number of rotatable bonds is 5. The van der Waals surface area contributed by atoms with Crippen LogP contribution in [0.15, 0.2) is 30.3 Å². The Morgan fingerprint density at radius 1 is 1.05 bits per heavy atom. The molecule has 0 saturated carbocycles. The van der Waals surface area contributed by atoms with E-state index < -0.39 is 41.3 Å². The predicted molar refractivity (Wildman–Crippen MR) is 195 cm³/mol. The highest BCUT2D eigenvalue weighted by Crippen LogP contribution is 2.44. The summed E-state index contributed by atoms with van der Waals surface area (Å²) in [6, 6.07) is 7.18. The predicted octanol–water partition coefficient (Wildman–Crippen LogP) is 7.39. The van der Waals surface area contributed by atoms with Crippen molar-refractivity contribution in [2.45, 2.75) is 95.5 Å². The Morgan fingerprint density at radius 2 is 1.85 bits per heavy atom. The highest BCUT2D eigenvalue weighted by molar-refractivity contribution is 6.03. The van der Waals surface area contributed by atoms with E-state index in [0.717, 1.165) is 6.42 Å². The highest BCUT2D eigenvalue weighted by atomic mass is 19.4. The molecule has 4 aromatic rings. The molecule has 8 rings (SSSR count). The van der Waals surface area contributed by atoms with Gasteiger partial charge in [0.1, 0.15) is 35.1 Å². The van der Waals surface area contributed by atoms with Crippen LogP contribution in [-0.4, -0.2) is 99.3 Å². The topological polar surface area (TPSA) is 93.2 Å². The van der Waals surface area contributed by atoms with Crippen molar-refractivity contribution < 1.29 is 41.0 Å². The minimum absolute atomic E-state index is 0.0226. The van der Waals surface area contributed by atoms with Crippen molar-refractivity contribution in [3.05, 3.63) is 53.2 Å². The van der Waals surface area contributed by atoms with E-state index in [2.05, 4.69) is 15.6 Å². The van der Waals surface area contributed by atoms with Gasteiger partial charge in [0.15, 0.2) is 5.82 Å². The van der Waals surface area contributed by atoms with Gasteiger partial charge in [0.2, 0.25) is 0 Å². The van der Waals surface area contributed by atoms with Crippen LogP contribution in [0.4, 0.5) is 32.6 Å². The van der Waals surface area contributed by atoms with Crippen LogP contribution in [0.25, 0.3) is 32.9 Å². The minimum atomic E-state index is -4.77. The zero-order valence-corrected chi connectivity index (χ0v) is 31.0. The Morgan fingerprint density at radius 3 is 2.60 bits per heavy atom. The zero-order valence-electron chi connectivity index (χ0n) is 31.0. The summed E-state index contributed by atoms with van der Waals surface area (Å²) in [5.74, 6) is 1.39. The van der Waals surface area contributed by atoms with Gasteiger partial charge < -0.3 is 19.3 Å². The number of amides is 1. The molecule has 2 aromatic carbocycles. The maximum atomic E-state index is 17.3. The van der Waals surface area contributed by atoms with Crippen LogP contribution < -0.4 is 9.64 Å². The first kappa shape index (κ1) is 37.1. The van der Waals surface area contributed by atoms with E-state index in [4.69, 9.17) is 25.9 Å². The Bertz CT molecular complexity index is 2240. The number of piperazine rings is 1. The molecule has 3 fully saturated rings. The first-order valence-electron chi connectivity index (χ1n) is 18.5. The van der Waals surface area contributed by atoms with E-state index in [9.17, 15) is 18.0 Å². The molecule has 4 atom stereocenters. The molecule has 0 aliphatic carbocycles. The number of ether oxygens (including phenoxy) is 3. The Balaban J connectivity index is 1.24. The molecule has 6 heterocycles. The van der Waals surface area contributed by atoms with Gasteiger partial charge in [0.25, 0.3) is 0 Å². The molecule has 0 bridgehead atoms. The molecular weight excluding hydrogens is 723 g/mol. The van der Waals surface area contributed by atoms with Gasteiger partial charge in [0.05, 0.1) is 40.4 Å². The summed E-state index contributed by atoms with van der Waals surface area (Å²) in [6.45, 7) is 8.65. The van der Waals surface area contributed by atoms with E-state index in [1.807, 2.05) is 16.7 Å². The number of benzene rings is 2. The second-order valence-corrected chi connectivity index (χ2v) is 15.9. The molecule has 0 spiro atoms. The third-order valence-corrected chi connectivity index (χ3v) is 11.4. The minimum Gasteiger partial charge on any atom is -0.461 e. The molecule has 2 aromatic heterocycles. The molecule has 55 heavy (non-hydrogen) atoms. The molecule has 290 valence electrons. The van der Waals surface area contributed by atoms with E-state index in [-0.39, 0.29) is 60.0 Å². The number of alkyl halides is 3. The highest BCUT2D eigenvalue weighted by Gasteiger charge is 2.52. The standard InChI is InChI=1S/C40H41F5N6O4/c1-6-25-27(41)12-11-23-9-7-10-26(30(23)25)33-32(42)34-31-28(46-33)13-14-29-22(2)50(37(52)55-38(3,4)5)17-18-51(29)35(31)48-36(47-34)53-21-39-15-8-16-49(39)20-24(19-39)54-40(43,44)45/h1,7,9-12,22,24,29H,8,13-21H2,2-5H3/t22-,24-,29+,39?/m0/s1. The third-order valence-electron chi connectivity index (χ3n) is 11.4. The fraction of sp³-hybridized carbons (Fsp3) is 0.500. The van der Waals surface area contributed by atoms with Gasteiger partial charge >= 0.3 is 18.5 Å². The second kappa shape index (κ2) is 13.4. The van der Waals surface area contributed by atoms with Crippen LogP contribution in [0.5, 0.6) is 6.01 Å². The van der Waals surface area contributed by atoms with Crippen LogP contribution in [0, 0.1) is 24.0 Å². The summed E-state index contributed by atoms with van der Waals surface area (Å²) in [5.41, 5.74) is -0.807. The summed E-state index contributed by atoms with van der Waals surface area (Å²) < 4.78 is 88.4. The summed E-state index contributed by atoms with van der Waals surface area (Å²) >= 11 is 0. The van der Waals surface area contributed by atoms with E-state index in [1.165, 1.54) is 6.07 Å². The first-order chi connectivity index (χ1) is 26.1. The lowest BCUT2D eigenvalue weighted by molar-refractivity contribution is -0.340. The number of halogens is 5. The van der Waals surface area contributed by atoms with Crippen molar-refractivity contribution in [1.82, 2.24) is 24.8 Å². The Kier molecular flexibility index (Phi) is 9.07. The maximum absolute atomic E-state index is 17.3. The first-order valence-corrected chi connectivity index (χ1v) is 18.5. The number of pyridine rings is 1. The Hall–Kier alpha value is -4.81. The molecule has 0 radical (unpaired) electrons. The van der Waals surface area contributed by atoms with Gasteiger partial charge in [-0.25, -0.2) is 18.6 Å². The van der Waals surface area contributed by atoms with E-state index >= 15 is 8.78 Å². The van der Waals surface area contributed by atoms with Crippen LogP contribution in [-0.2, 0) is 15.9 Å². The summed E-state index contributed by atoms with van der Waals surface area (Å²) in [4.78, 5) is 33.4. The third kappa shape index (κ3) is 6.67. The number of aromatic nitrogens is 3. The van der Waals surface area contributed by atoms with Gasteiger partial charge in [-0.1, -0.05) is 30.2 Å². The van der Waals surface area contributed by atoms with Crippen LogP contribution in [0.3, 0.4) is 0 Å². The number of terminal acetylenes is 1. The van der Waals surface area contributed by atoms with E-state index in [1.54, 1.807) is 49.9 Å². The normalized spacial score (nSPS) is 24.1. The second-order valence-electron chi connectivity index (χ2n) is 15.9. The average Bonchev–Trinajstić information content (AvgIpc) is 3.60. The van der Waals surface area contributed by atoms with Crippen molar-refractivity contribution >= 4 is 33.6 Å². The van der Waals surface area contributed by atoms with Crippen LogP contribution >= 0.6 is 0 Å². The van der Waals surface area contributed by atoms with Crippen molar-refractivity contribution in [1.29, 1.82) is 0 Å². The fourth-order valence-corrected chi connectivity index (χ4v) is 9.04. The molecule has 10 nitrogen and oxygen atoms in total. The smallest absolute Gasteiger partial charge is 0.461 e. The van der Waals surface area contributed by atoms with E-state index in [0.29, 0.717) is 66.6 Å². The van der Waals surface area contributed by atoms with Crippen LogP contribution in [0.1, 0.15) is 64.6 Å². The largest absolute Gasteiger partial charge is 0.522 e. The summed E-state index contributed by atoms with van der Waals surface area (Å²) in [6.07, 6.45) is 1.84. The lowest BCUT2D eigenvalue weighted by atomic mass is 9.94. The molecular formula is C40H41F5N6O4. The molecule has 0 N–H and O–H groups in total. The lowest BCUT2D eigenvalue weighted by Gasteiger charge is -2.46. The van der Waals surface area contributed by atoms with Crippen molar-refractivity contribution in [3.8, 4) is 29.6 Å². The quantitative estimate of drug-likeness (QED) is 0.153.